The number of hydrogen-bond donors (Lipinski definition) is 2. The van der Waals surface area contributed by atoms with Crippen LogP contribution in [0.2, 0.25) is 0 Å². The van der Waals surface area contributed by atoms with Crippen molar-refractivity contribution in [3.63, 3.8) is 0 Å². The molecule has 0 aromatic heterocycles. The summed E-state index contributed by atoms with van der Waals surface area (Å²) in [5, 5.41) is 17.8. The molecule has 0 fully saturated rings. The molecule has 0 aliphatic carbocycles. The van der Waals surface area contributed by atoms with Crippen molar-refractivity contribution in [1.82, 2.24) is 0 Å². The Hall–Kier alpha value is -1.33. The van der Waals surface area contributed by atoms with Gasteiger partial charge in [-0.1, -0.05) is 18.2 Å². The Labute approximate surface area is 74.9 Å². The molecule has 4 nitrogen and oxygen atoms in total. The summed E-state index contributed by atoms with van der Waals surface area (Å²) in [6.07, 6.45) is 0. The van der Waals surface area contributed by atoms with Gasteiger partial charge in [0.05, 0.1) is 5.56 Å². The number of rotatable bonds is 1. The van der Waals surface area contributed by atoms with Crippen LogP contribution in [0.15, 0.2) is 24.3 Å². The molecule has 1 unspecified atom stereocenters. The second-order valence-electron chi connectivity index (χ2n) is 2.83. The van der Waals surface area contributed by atoms with E-state index in [4.69, 9.17) is 14.8 Å². The van der Waals surface area contributed by atoms with Gasteiger partial charge in [-0.05, 0) is 6.07 Å². The fourth-order valence-corrected chi connectivity index (χ4v) is 1.39. The van der Waals surface area contributed by atoms with E-state index in [9.17, 15) is 4.79 Å². The molecule has 1 heterocycles. The van der Waals surface area contributed by atoms with E-state index in [1.54, 1.807) is 24.3 Å². The monoisotopic (exact) mass is 178 g/mol. The molecule has 0 bridgehead atoms. The smallest absolute Gasteiger partial charge is 0.456 e. The standard InChI is InChI=1S/C8H7BO4/c10-8-6-4-2-1-3-5(6)7(13-8)9(11)12/h1-4,7,11-12H. The topological polar surface area (TPSA) is 66.8 Å². The summed E-state index contributed by atoms with van der Waals surface area (Å²) in [5.74, 6) is -0.506. The Morgan fingerprint density at radius 1 is 1.31 bits per heavy atom. The Bertz CT molecular complexity index is 350. The highest BCUT2D eigenvalue weighted by Gasteiger charge is 2.38. The van der Waals surface area contributed by atoms with Crippen molar-refractivity contribution in [2.45, 2.75) is 6.00 Å². The van der Waals surface area contributed by atoms with Gasteiger partial charge in [-0.25, -0.2) is 4.79 Å². The normalized spacial score (nSPS) is 19.5. The van der Waals surface area contributed by atoms with Crippen LogP contribution in [0.5, 0.6) is 0 Å². The van der Waals surface area contributed by atoms with E-state index in [-0.39, 0.29) is 0 Å². The van der Waals surface area contributed by atoms with Gasteiger partial charge in [-0.15, -0.1) is 0 Å². The van der Waals surface area contributed by atoms with Gasteiger partial charge in [0.2, 0.25) is 0 Å². The SMILES string of the molecule is O=C1OC(B(O)O)c2ccccc21. The van der Waals surface area contributed by atoms with Gasteiger partial charge in [0.15, 0.2) is 6.00 Å². The van der Waals surface area contributed by atoms with Gasteiger partial charge >= 0.3 is 13.1 Å². The first-order valence-electron chi connectivity index (χ1n) is 3.86. The van der Waals surface area contributed by atoms with E-state index < -0.39 is 19.1 Å². The van der Waals surface area contributed by atoms with Crippen LogP contribution in [0, 0.1) is 0 Å². The lowest BCUT2D eigenvalue weighted by molar-refractivity contribution is 0.0458. The number of carbonyl (C=O) groups is 1. The van der Waals surface area contributed by atoms with Crippen LogP contribution in [-0.2, 0) is 4.74 Å². The zero-order valence-corrected chi connectivity index (χ0v) is 6.68. The van der Waals surface area contributed by atoms with Gasteiger partial charge < -0.3 is 14.8 Å². The van der Waals surface area contributed by atoms with Gasteiger partial charge in [0.1, 0.15) is 0 Å². The molecule has 0 saturated heterocycles. The van der Waals surface area contributed by atoms with Gasteiger partial charge in [-0.3, -0.25) is 0 Å². The third-order valence-electron chi connectivity index (χ3n) is 1.99. The van der Waals surface area contributed by atoms with Crippen LogP contribution in [0.1, 0.15) is 21.9 Å². The zero-order valence-electron chi connectivity index (χ0n) is 6.68. The van der Waals surface area contributed by atoms with Crippen LogP contribution >= 0.6 is 0 Å². The maximum Gasteiger partial charge on any atom is 0.500 e. The van der Waals surface area contributed by atoms with E-state index >= 15 is 0 Å². The predicted octanol–water partition coefficient (Wildman–Crippen LogP) is -0.0899. The molecule has 1 atom stereocenters. The minimum atomic E-state index is -1.66. The molecule has 0 spiro atoms. The number of benzene rings is 1. The minimum absolute atomic E-state index is 0.403. The summed E-state index contributed by atoms with van der Waals surface area (Å²) in [5.41, 5.74) is 0.933. The minimum Gasteiger partial charge on any atom is -0.456 e. The molecule has 1 aromatic rings. The average Bonchev–Trinajstić information content (AvgIpc) is 2.45. The first-order chi connectivity index (χ1) is 6.20. The van der Waals surface area contributed by atoms with Crippen molar-refractivity contribution in [2.24, 2.45) is 0 Å². The molecule has 2 rings (SSSR count). The van der Waals surface area contributed by atoms with E-state index in [0.29, 0.717) is 11.1 Å². The number of ether oxygens (including phenoxy) is 1. The summed E-state index contributed by atoms with van der Waals surface area (Å²) in [4.78, 5) is 11.1. The first-order valence-corrected chi connectivity index (χ1v) is 3.86. The maximum atomic E-state index is 11.1. The maximum absolute atomic E-state index is 11.1. The summed E-state index contributed by atoms with van der Waals surface area (Å²) in [7, 11) is -1.66. The lowest BCUT2D eigenvalue weighted by atomic mass is 9.78. The first kappa shape index (κ1) is 8.28. The second-order valence-corrected chi connectivity index (χ2v) is 2.83. The Morgan fingerprint density at radius 2 is 2.00 bits per heavy atom. The molecule has 1 aliphatic rings. The van der Waals surface area contributed by atoms with Gasteiger partial charge in [0, 0.05) is 5.56 Å². The lowest BCUT2D eigenvalue weighted by Gasteiger charge is -2.07. The summed E-state index contributed by atoms with van der Waals surface area (Å²) >= 11 is 0. The van der Waals surface area contributed by atoms with Crippen molar-refractivity contribution in [3.8, 4) is 0 Å². The number of carbonyl (C=O) groups excluding carboxylic acids is 1. The van der Waals surface area contributed by atoms with E-state index in [1.165, 1.54) is 0 Å². The van der Waals surface area contributed by atoms with Crippen molar-refractivity contribution >= 4 is 13.1 Å². The summed E-state index contributed by atoms with van der Waals surface area (Å²) in [6, 6.07) is 5.72. The molecule has 2 N–H and O–H groups in total. The van der Waals surface area contributed by atoms with Crippen molar-refractivity contribution in [2.75, 3.05) is 0 Å². The number of cyclic esters (lactones) is 1. The van der Waals surface area contributed by atoms with Crippen molar-refractivity contribution in [3.05, 3.63) is 35.4 Å². The highest BCUT2D eigenvalue weighted by molar-refractivity contribution is 6.43. The van der Waals surface area contributed by atoms with Crippen LogP contribution in [0.25, 0.3) is 0 Å². The van der Waals surface area contributed by atoms with Crippen molar-refractivity contribution in [1.29, 1.82) is 0 Å². The largest absolute Gasteiger partial charge is 0.500 e. The van der Waals surface area contributed by atoms with Crippen LogP contribution in [0.3, 0.4) is 0 Å². The molecule has 13 heavy (non-hydrogen) atoms. The van der Waals surface area contributed by atoms with Gasteiger partial charge in [0.25, 0.3) is 0 Å². The summed E-state index contributed by atoms with van der Waals surface area (Å²) < 4.78 is 4.75. The number of hydrogen-bond acceptors (Lipinski definition) is 4. The molecule has 0 saturated carbocycles. The van der Waals surface area contributed by atoms with Crippen LogP contribution in [0.4, 0.5) is 0 Å². The third-order valence-corrected chi connectivity index (χ3v) is 1.99. The molecule has 5 heteroatoms. The Balaban J connectivity index is 2.47. The van der Waals surface area contributed by atoms with Crippen LogP contribution < -0.4 is 0 Å². The molecule has 1 aliphatic heterocycles. The van der Waals surface area contributed by atoms with Crippen LogP contribution in [-0.4, -0.2) is 23.1 Å². The fraction of sp³-hybridized carbons (Fsp3) is 0.125. The predicted molar refractivity (Wildman–Crippen MR) is 44.8 cm³/mol. The highest BCUT2D eigenvalue weighted by atomic mass is 16.6. The fourth-order valence-electron chi connectivity index (χ4n) is 1.39. The lowest BCUT2D eigenvalue weighted by Crippen LogP contribution is -2.23. The number of fused-ring (bicyclic) bond motifs is 1. The van der Waals surface area contributed by atoms with E-state index in [2.05, 4.69) is 0 Å². The quantitative estimate of drug-likeness (QED) is 0.465. The molecule has 0 radical (unpaired) electrons. The zero-order chi connectivity index (χ0) is 9.42. The second kappa shape index (κ2) is 2.87. The number of esters is 1. The average molecular weight is 178 g/mol. The van der Waals surface area contributed by atoms with Gasteiger partial charge in [-0.2, -0.15) is 0 Å². The molecular formula is C8H7BO4. The summed E-state index contributed by atoms with van der Waals surface area (Å²) in [6.45, 7) is 0. The Morgan fingerprint density at radius 3 is 2.69 bits per heavy atom. The van der Waals surface area contributed by atoms with E-state index in [1.807, 2.05) is 0 Å². The third kappa shape index (κ3) is 1.22. The molecular weight excluding hydrogens is 171 g/mol. The van der Waals surface area contributed by atoms with E-state index in [0.717, 1.165) is 0 Å². The molecule has 0 amide bonds. The van der Waals surface area contributed by atoms with Crippen molar-refractivity contribution < 1.29 is 19.6 Å². The highest BCUT2D eigenvalue weighted by Crippen LogP contribution is 2.30. The Kier molecular flexibility index (Phi) is 1.83. The molecule has 66 valence electrons. The molecule has 1 aromatic carbocycles.